The van der Waals surface area contributed by atoms with Gasteiger partial charge in [-0.2, -0.15) is 0 Å². The van der Waals surface area contributed by atoms with Crippen LogP contribution >= 0.6 is 0 Å². The monoisotopic (exact) mass is 381 g/mol. The van der Waals surface area contributed by atoms with Gasteiger partial charge in [-0.25, -0.2) is 9.59 Å². The minimum absolute atomic E-state index is 0.279. The van der Waals surface area contributed by atoms with Gasteiger partial charge in [-0.3, -0.25) is 4.90 Å². The fourth-order valence-electron chi connectivity index (χ4n) is 4.19. The van der Waals surface area contributed by atoms with E-state index in [0.717, 1.165) is 0 Å². The summed E-state index contributed by atoms with van der Waals surface area (Å²) in [7, 11) is 0. The highest BCUT2D eigenvalue weighted by molar-refractivity contribution is 5.89. The van der Waals surface area contributed by atoms with Crippen LogP contribution in [0.1, 0.15) is 50.9 Å². The molecule has 1 amide bonds. The predicted octanol–water partition coefficient (Wildman–Crippen LogP) is 5.06. The van der Waals surface area contributed by atoms with Crippen LogP contribution in [0.25, 0.3) is 0 Å². The Labute approximate surface area is 166 Å². The van der Waals surface area contributed by atoms with Gasteiger partial charge in [-0.1, -0.05) is 36.4 Å². The fraction of sp³-hybridized carbons (Fsp3) is 0.391. The highest BCUT2D eigenvalue weighted by Gasteiger charge is 2.50. The first-order chi connectivity index (χ1) is 13.2. The highest BCUT2D eigenvalue weighted by atomic mass is 16.6. The molecule has 28 heavy (non-hydrogen) atoms. The number of esters is 1. The first kappa shape index (κ1) is 19.9. The van der Waals surface area contributed by atoms with Crippen LogP contribution in [0.15, 0.2) is 60.7 Å². The molecule has 5 heteroatoms. The van der Waals surface area contributed by atoms with E-state index in [0.29, 0.717) is 24.2 Å². The Morgan fingerprint density at radius 2 is 1.36 bits per heavy atom. The van der Waals surface area contributed by atoms with Gasteiger partial charge in [0.2, 0.25) is 0 Å². The Bertz CT molecular complexity index is 812. The summed E-state index contributed by atoms with van der Waals surface area (Å²) >= 11 is 0. The van der Waals surface area contributed by atoms with Crippen molar-refractivity contribution in [3.63, 3.8) is 0 Å². The standard InChI is InChI=1S/C23H27NO4/c1-22(2)15-19(27-20(25)17-11-7-5-8-12-17)16-23(3,4)24(22)21(26)28-18-13-9-6-10-14-18/h5-14,19H,15-16H2,1-4H3. The molecule has 0 N–H and O–H groups in total. The largest absolute Gasteiger partial charge is 0.459 e. The zero-order chi connectivity index (χ0) is 20.4. The zero-order valence-electron chi connectivity index (χ0n) is 16.8. The van der Waals surface area contributed by atoms with Crippen LogP contribution in [-0.2, 0) is 4.74 Å². The quantitative estimate of drug-likeness (QED) is 0.697. The van der Waals surface area contributed by atoms with Crippen LogP contribution in [0, 0.1) is 0 Å². The SMILES string of the molecule is CC1(C)CC(OC(=O)c2ccccc2)CC(C)(C)N1C(=O)Oc1ccccc1. The van der Waals surface area contributed by atoms with E-state index in [-0.39, 0.29) is 12.1 Å². The number of likely N-dealkylation sites (tertiary alicyclic amines) is 1. The summed E-state index contributed by atoms with van der Waals surface area (Å²) in [5.41, 5.74) is -0.533. The summed E-state index contributed by atoms with van der Waals surface area (Å²) in [4.78, 5) is 27.2. The van der Waals surface area contributed by atoms with E-state index < -0.39 is 17.2 Å². The van der Waals surface area contributed by atoms with Crippen LogP contribution in [0.5, 0.6) is 5.75 Å². The number of carbonyl (C=O) groups excluding carboxylic acids is 2. The number of carbonyl (C=O) groups is 2. The van der Waals surface area contributed by atoms with Crippen molar-refractivity contribution >= 4 is 12.1 Å². The van der Waals surface area contributed by atoms with E-state index >= 15 is 0 Å². The van der Waals surface area contributed by atoms with Gasteiger partial charge in [0.05, 0.1) is 5.56 Å². The fourth-order valence-corrected chi connectivity index (χ4v) is 4.19. The lowest BCUT2D eigenvalue weighted by molar-refractivity contribution is -0.0694. The number of amides is 1. The molecule has 0 radical (unpaired) electrons. The number of hydrogen-bond acceptors (Lipinski definition) is 4. The van der Waals surface area contributed by atoms with Gasteiger partial charge in [0.25, 0.3) is 0 Å². The van der Waals surface area contributed by atoms with E-state index in [1.165, 1.54) is 0 Å². The van der Waals surface area contributed by atoms with Gasteiger partial charge < -0.3 is 9.47 Å². The molecule has 1 aliphatic rings. The minimum atomic E-state index is -0.532. The van der Waals surface area contributed by atoms with Gasteiger partial charge >= 0.3 is 12.1 Å². The maximum Gasteiger partial charge on any atom is 0.416 e. The molecule has 0 bridgehead atoms. The molecule has 0 aliphatic carbocycles. The third-order valence-electron chi connectivity index (χ3n) is 5.08. The third kappa shape index (κ3) is 4.35. The Morgan fingerprint density at radius 1 is 0.857 bits per heavy atom. The molecule has 1 saturated heterocycles. The second kappa shape index (κ2) is 7.66. The zero-order valence-corrected chi connectivity index (χ0v) is 16.8. The molecule has 1 aliphatic heterocycles. The summed E-state index contributed by atoms with van der Waals surface area (Å²) in [6.07, 6.45) is 0.408. The number of para-hydroxylation sites is 1. The van der Waals surface area contributed by atoms with E-state index in [4.69, 9.17) is 9.47 Å². The van der Waals surface area contributed by atoms with Crippen molar-refractivity contribution in [3.05, 3.63) is 66.2 Å². The molecule has 5 nitrogen and oxygen atoms in total. The van der Waals surface area contributed by atoms with Crippen molar-refractivity contribution in [1.29, 1.82) is 0 Å². The minimum Gasteiger partial charge on any atom is -0.459 e. The van der Waals surface area contributed by atoms with Gasteiger partial charge in [0, 0.05) is 23.9 Å². The van der Waals surface area contributed by atoms with Crippen LogP contribution in [-0.4, -0.2) is 34.1 Å². The molecule has 1 heterocycles. The number of benzene rings is 2. The number of rotatable bonds is 3. The van der Waals surface area contributed by atoms with Gasteiger partial charge in [-0.15, -0.1) is 0 Å². The van der Waals surface area contributed by atoms with E-state index in [1.807, 2.05) is 64.1 Å². The molecular weight excluding hydrogens is 354 g/mol. The van der Waals surface area contributed by atoms with Gasteiger partial charge in [-0.05, 0) is 52.0 Å². The predicted molar refractivity (Wildman–Crippen MR) is 107 cm³/mol. The highest BCUT2D eigenvalue weighted by Crippen LogP contribution is 2.40. The van der Waals surface area contributed by atoms with Crippen LogP contribution in [0.3, 0.4) is 0 Å². The summed E-state index contributed by atoms with van der Waals surface area (Å²) < 4.78 is 11.4. The summed E-state index contributed by atoms with van der Waals surface area (Å²) in [6.45, 7) is 7.90. The average Bonchev–Trinajstić information content (AvgIpc) is 2.61. The lowest BCUT2D eigenvalue weighted by atomic mass is 9.78. The van der Waals surface area contributed by atoms with Crippen molar-refractivity contribution in [1.82, 2.24) is 4.90 Å². The lowest BCUT2D eigenvalue weighted by Crippen LogP contribution is -2.64. The summed E-state index contributed by atoms with van der Waals surface area (Å²) in [5, 5.41) is 0. The first-order valence-electron chi connectivity index (χ1n) is 9.52. The van der Waals surface area contributed by atoms with E-state index in [9.17, 15) is 9.59 Å². The number of hydrogen-bond donors (Lipinski definition) is 0. The molecule has 2 aromatic rings. The van der Waals surface area contributed by atoms with Crippen LogP contribution in [0.4, 0.5) is 4.79 Å². The smallest absolute Gasteiger partial charge is 0.416 e. The molecule has 0 spiro atoms. The lowest BCUT2D eigenvalue weighted by Gasteiger charge is -2.53. The summed E-state index contributed by atoms with van der Waals surface area (Å²) in [5.74, 6) is 0.175. The third-order valence-corrected chi connectivity index (χ3v) is 5.08. The van der Waals surface area contributed by atoms with E-state index in [1.54, 1.807) is 29.2 Å². The summed E-state index contributed by atoms with van der Waals surface area (Å²) in [6, 6.07) is 18.0. The second-order valence-electron chi connectivity index (χ2n) is 8.44. The number of piperidine rings is 1. The maximum absolute atomic E-state index is 12.9. The topological polar surface area (TPSA) is 55.8 Å². The number of ether oxygens (including phenoxy) is 2. The Morgan fingerprint density at radius 3 is 1.89 bits per heavy atom. The molecule has 148 valence electrons. The average molecular weight is 381 g/mol. The second-order valence-corrected chi connectivity index (χ2v) is 8.44. The maximum atomic E-state index is 12.9. The molecule has 0 saturated carbocycles. The Hall–Kier alpha value is -2.82. The van der Waals surface area contributed by atoms with Crippen molar-refractivity contribution in [3.8, 4) is 5.75 Å². The van der Waals surface area contributed by atoms with Gasteiger partial charge in [0.1, 0.15) is 11.9 Å². The molecule has 0 unspecified atom stereocenters. The molecule has 3 rings (SSSR count). The van der Waals surface area contributed by atoms with Crippen molar-refractivity contribution in [2.45, 2.75) is 57.7 Å². The first-order valence-corrected chi connectivity index (χ1v) is 9.52. The Kier molecular flexibility index (Phi) is 5.45. The molecule has 0 atom stereocenters. The normalized spacial score (nSPS) is 18.4. The van der Waals surface area contributed by atoms with Gasteiger partial charge in [0.15, 0.2) is 0 Å². The Balaban J connectivity index is 1.74. The molecule has 2 aromatic carbocycles. The van der Waals surface area contributed by atoms with Crippen LogP contribution in [0.2, 0.25) is 0 Å². The molecule has 1 fully saturated rings. The van der Waals surface area contributed by atoms with Crippen molar-refractivity contribution in [2.75, 3.05) is 0 Å². The molecule has 0 aromatic heterocycles. The number of nitrogens with zero attached hydrogens (tertiary/aromatic N) is 1. The molecular formula is C23H27NO4. The van der Waals surface area contributed by atoms with Crippen LogP contribution < -0.4 is 4.74 Å². The van der Waals surface area contributed by atoms with Crippen molar-refractivity contribution in [2.24, 2.45) is 0 Å². The van der Waals surface area contributed by atoms with E-state index in [2.05, 4.69) is 0 Å². The van der Waals surface area contributed by atoms with Crippen molar-refractivity contribution < 1.29 is 19.1 Å².